The minimum absolute atomic E-state index is 0.203. The lowest BCUT2D eigenvalue weighted by Gasteiger charge is -2.23. The van der Waals surface area contributed by atoms with Crippen molar-refractivity contribution in [1.29, 1.82) is 0 Å². The first kappa shape index (κ1) is 11.4. The molecule has 0 spiro atoms. The van der Waals surface area contributed by atoms with Gasteiger partial charge in [0.1, 0.15) is 6.34 Å². The Morgan fingerprint density at radius 3 is 2.89 bits per heavy atom. The maximum absolute atomic E-state index is 5.80. The summed E-state index contributed by atoms with van der Waals surface area (Å²) in [6.45, 7) is 0.700. The summed E-state index contributed by atoms with van der Waals surface area (Å²) in [4.78, 5) is 16.4. The number of fused-ring (bicyclic) bond motifs is 1. The molecule has 2 heterocycles. The molecule has 2 N–H and O–H groups in total. The normalized spacial score (nSPS) is 27.3. The number of nitrogens with two attached hydrogens (primary N) is 1. The first-order valence-corrected chi connectivity index (χ1v) is 6.48. The highest BCUT2D eigenvalue weighted by molar-refractivity contribution is 6.20. The van der Waals surface area contributed by atoms with Gasteiger partial charge in [-0.15, -0.1) is 0 Å². The van der Waals surface area contributed by atoms with E-state index in [1.165, 1.54) is 38.4 Å². The van der Waals surface area contributed by atoms with Crippen molar-refractivity contribution < 1.29 is 4.74 Å². The Kier molecular flexibility index (Phi) is 3.08. The van der Waals surface area contributed by atoms with Crippen LogP contribution in [0, 0.1) is 5.92 Å². The zero-order valence-corrected chi connectivity index (χ0v) is 10.2. The molecule has 1 saturated carbocycles. The van der Waals surface area contributed by atoms with Gasteiger partial charge >= 0.3 is 0 Å². The number of rotatable bonds is 2. The molecule has 1 unspecified atom stereocenters. The van der Waals surface area contributed by atoms with E-state index in [9.17, 15) is 0 Å². The van der Waals surface area contributed by atoms with Crippen LogP contribution in [0.3, 0.4) is 0 Å². The third-order valence-electron chi connectivity index (χ3n) is 3.53. The molecule has 0 bridgehead atoms. The molecule has 96 valence electrons. The van der Waals surface area contributed by atoms with Crippen LogP contribution in [0.15, 0.2) is 20.0 Å². The van der Waals surface area contributed by atoms with E-state index in [-0.39, 0.29) is 12.0 Å². The molecule has 0 aromatic heterocycles. The lowest BCUT2D eigenvalue weighted by Crippen LogP contribution is -2.35. The lowest BCUT2D eigenvalue weighted by atomic mass is 9.90. The Bertz CT molecular complexity index is 445. The molecule has 1 aliphatic carbocycles. The number of ether oxygens (including phenoxy) is 1. The maximum Gasteiger partial charge on any atom is 0.224 e. The van der Waals surface area contributed by atoms with E-state index in [2.05, 4.69) is 20.0 Å². The smallest absolute Gasteiger partial charge is 0.224 e. The van der Waals surface area contributed by atoms with Crippen LogP contribution in [0.5, 0.6) is 0 Å². The van der Waals surface area contributed by atoms with E-state index in [4.69, 9.17) is 10.5 Å². The van der Waals surface area contributed by atoms with Crippen LogP contribution in [-0.2, 0) is 4.74 Å². The van der Waals surface area contributed by atoms with Crippen molar-refractivity contribution in [3.8, 4) is 0 Å². The third-order valence-corrected chi connectivity index (χ3v) is 3.53. The largest absolute Gasteiger partial charge is 0.478 e. The van der Waals surface area contributed by atoms with E-state index in [0.717, 1.165) is 0 Å². The topological polar surface area (TPSA) is 84.7 Å². The standard InChI is InChI=1S/C12H17N5O/c13-12-16-10-9(14-7-15-10)11(17-12)18-6-8-4-2-1-3-5-8/h7-9H,1-6H2,(H2,13,14,15,16). The molecule has 1 fully saturated rings. The highest BCUT2D eigenvalue weighted by Crippen LogP contribution is 2.24. The molecule has 18 heavy (non-hydrogen) atoms. The summed E-state index contributed by atoms with van der Waals surface area (Å²) in [6, 6.07) is -0.277. The average Bonchev–Trinajstić information content (AvgIpc) is 2.85. The summed E-state index contributed by atoms with van der Waals surface area (Å²) >= 11 is 0. The monoisotopic (exact) mass is 247 g/mol. The van der Waals surface area contributed by atoms with Gasteiger partial charge in [-0.05, 0) is 18.8 Å². The van der Waals surface area contributed by atoms with Crippen molar-refractivity contribution in [3.05, 3.63) is 0 Å². The fourth-order valence-corrected chi connectivity index (χ4v) is 2.55. The summed E-state index contributed by atoms with van der Waals surface area (Å²) in [5.74, 6) is 1.96. The van der Waals surface area contributed by atoms with Gasteiger partial charge in [0.05, 0.1) is 6.61 Å². The summed E-state index contributed by atoms with van der Waals surface area (Å²) in [5.41, 5.74) is 5.64. The highest BCUT2D eigenvalue weighted by Gasteiger charge is 2.30. The first-order chi connectivity index (χ1) is 8.83. The van der Waals surface area contributed by atoms with Crippen LogP contribution >= 0.6 is 0 Å². The van der Waals surface area contributed by atoms with Gasteiger partial charge in [-0.1, -0.05) is 19.3 Å². The molecule has 3 rings (SSSR count). The van der Waals surface area contributed by atoms with Crippen LogP contribution in [0.25, 0.3) is 0 Å². The van der Waals surface area contributed by atoms with Crippen LogP contribution in [-0.4, -0.2) is 36.7 Å². The van der Waals surface area contributed by atoms with Gasteiger partial charge in [0.2, 0.25) is 11.9 Å². The van der Waals surface area contributed by atoms with Gasteiger partial charge in [0.15, 0.2) is 11.9 Å². The van der Waals surface area contributed by atoms with E-state index in [1.807, 2.05) is 0 Å². The van der Waals surface area contributed by atoms with Crippen LogP contribution in [0.2, 0.25) is 0 Å². The van der Waals surface area contributed by atoms with Gasteiger partial charge in [-0.2, -0.15) is 9.98 Å². The number of hydrogen-bond acceptors (Lipinski definition) is 6. The second-order valence-electron chi connectivity index (χ2n) is 4.89. The molecule has 0 saturated heterocycles. The van der Waals surface area contributed by atoms with Gasteiger partial charge in [-0.25, -0.2) is 4.99 Å². The zero-order chi connectivity index (χ0) is 12.4. The second-order valence-corrected chi connectivity index (χ2v) is 4.89. The molecule has 6 nitrogen and oxygen atoms in total. The van der Waals surface area contributed by atoms with Gasteiger partial charge in [0.25, 0.3) is 0 Å². The van der Waals surface area contributed by atoms with Crippen LogP contribution < -0.4 is 5.73 Å². The van der Waals surface area contributed by atoms with Crippen molar-refractivity contribution in [3.63, 3.8) is 0 Å². The minimum atomic E-state index is -0.277. The number of nitrogens with zero attached hydrogens (tertiary/aromatic N) is 4. The number of amidine groups is 1. The van der Waals surface area contributed by atoms with Gasteiger partial charge in [-0.3, -0.25) is 4.99 Å². The van der Waals surface area contributed by atoms with Crippen molar-refractivity contribution in [2.24, 2.45) is 31.6 Å². The minimum Gasteiger partial charge on any atom is -0.478 e. The predicted octanol–water partition coefficient (Wildman–Crippen LogP) is 1.12. The quantitative estimate of drug-likeness (QED) is 0.792. The Morgan fingerprint density at radius 2 is 2.06 bits per heavy atom. The molecule has 2 aliphatic heterocycles. The van der Waals surface area contributed by atoms with Gasteiger partial charge < -0.3 is 10.5 Å². The van der Waals surface area contributed by atoms with Crippen molar-refractivity contribution in [1.82, 2.24) is 0 Å². The number of aliphatic imine (C=N–C) groups is 4. The molecular weight excluding hydrogens is 230 g/mol. The predicted molar refractivity (Wildman–Crippen MR) is 71.3 cm³/mol. The Balaban J connectivity index is 1.63. The number of guanidine groups is 1. The highest BCUT2D eigenvalue weighted by atomic mass is 16.5. The Morgan fingerprint density at radius 1 is 1.22 bits per heavy atom. The maximum atomic E-state index is 5.80. The Hall–Kier alpha value is -1.72. The molecule has 6 heteroatoms. The van der Waals surface area contributed by atoms with E-state index in [1.54, 1.807) is 0 Å². The fraction of sp³-hybridized carbons (Fsp3) is 0.667. The van der Waals surface area contributed by atoms with Crippen LogP contribution in [0.1, 0.15) is 32.1 Å². The third kappa shape index (κ3) is 2.27. The average molecular weight is 247 g/mol. The summed E-state index contributed by atoms with van der Waals surface area (Å²) in [7, 11) is 0. The molecule has 0 aromatic rings. The van der Waals surface area contributed by atoms with Crippen molar-refractivity contribution in [2.45, 2.75) is 38.1 Å². The molecule has 1 atom stereocenters. The number of hydrogen-bond donors (Lipinski definition) is 1. The molecule has 3 aliphatic rings. The summed E-state index contributed by atoms with van der Waals surface area (Å²) < 4.78 is 5.80. The molecular formula is C12H17N5O. The van der Waals surface area contributed by atoms with Crippen molar-refractivity contribution in [2.75, 3.05) is 6.61 Å². The van der Waals surface area contributed by atoms with Crippen LogP contribution in [0.4, 0.5) is 0 Å². The van der Waals surface area contributed by atoms with Gasteiger partial charge in [0, 0.05) is 0 Å². The zero-order valence-electron chi connectivity index (χ0n) is 10.2. The Labute approximate surface area is 106 Å². The molecule has 0 amide bonds. The SMILES string of the molecule is NC1=NC2=NC=NC2C(OCC2CCCCC2)=N1. The molecule has 0 radical (unpaired) electrons. The van der Waals surface area contributed by atoms with E-state index < -0.39 is 0 Å². The van der Waals surface area contributed by atoms with E-state index in [0.29, 0.717) is 24.3 Å². The first-order valence-electron chi connectivity index (χ1n) is 6.48. The fourth-order valence-electron chi connectivity index (χ4n) is 2.55. The summed E-state index contributed by atoms with van der Waals surface area (Å²) in [6.07, 6.45) is 7.93. The van der Waals surface area contributed by atoms with E-state index >= 15 is 0 Å². The molecule has 0 aromatic carbocycles. The summed E-state index contributed by atoms with van der Waals surface area (Å²) in [5, 5.41) is 0. The second kappa shape index (κ2) is 4.88. The van der Waals surface area contributed by atoms with Crippen molar-refractivity contribution >= 4 is 24.0 Å². The lowest BCUT2D eigenvalue weighted by molar-refractivity contribution is 0.195.